The molecule has 1 saturated carbocycles. The monoisotopic (exact) mass is 247 g/mol. The minimum atomic E-state index is -0.756. The Morgan fingerprint density at radius 2 is 1.89 bits per heavy atom. The Morgan fingerprint density at radius 3 is 2.28 bits per heavy atom. The number of carboxylic acid groups (broad SMARTS) is 1. The molecule has 0 heterocycles. The molecule has 3 nitrogen and oxygen atoms in total. The van der Waals surface area contributed by atoms with Crippen LogP contribution in [0.1, 0.15) is 30.9 Å². The molecule has 1 fully saturated rings. The van der Waals surface area contributed by atoms with Crippen molar-refractivity contribution in [3.8, 4) is 0 Å². The van der Waals surface area contributed by atoms with Gasteiger partial charge in [-0.2, -0.15) is 0 Å². The SMILES string of the molecule is CCc1ccc(CC(CN)(C(=O)O)C2CC2)cc1. The lowest BCUT2D eigenvalue weighted by Gasteiger charge is -2.28. The molecule has 0 aliphatic heterocycles. The molecule has 0 aromatic heterocycles. The van der Waals surface area contributed by atoms with Crippen molar-refractivity contribution in [3.63, 3.8) is 0 Å². The lowest BCUT2D eigenvalue weighted by atomic mass is 9.77. The fraction of sp³-hybridized carbons (Fsp3) is 0.533. The van der Waals surface area contributed by atoms with E-state index in [0.29, 0.717) is 6.42 Å². The maximum absolute atomic E-state index is 11.6. The van der Waals surface area contributed by atoms with Crippen LogP contribution in [0, 0.1) is 11.3 Å². The number of carbonyl (C=O) groups is 1. The highest BCUT2D eigenvalue weighted by molar-refractivity contribution is 5.76. The molecule has 1 aliphatic carbocycles. The maximum atomic E-state index is 11.6. The van der Waals surface area contributed by atoms with Crippen LogP contribution in [0.4, 0.5) is 0 Å². The Bertz CT molecular complexity index is 423. The van der Waals surface area contributed by atoms with Crippen molar-refractivity contribution in [3.05, 3.63) is 35.4 Å². The summed E-state index contributed by atoms with van der Waals surface area (Å²) >= 11 is 0. The summed E-state index contributed by atoms with van der Waals surface area (Å²) in [6.45, 7) is 2.34. The fourth-order valence-corrected chi connectivity index (χ4v) is 2.61. The molecule has 98 valence electrons. The second-order valence-corrected chi connectivity index (χ2v) is 5.29. The van der Waals surface area contributed by atoms with Gasteiger partial charge in [0, 0.05) is 6.54 Å². The first-order chi connectivity index (χ1) is 8.62. The Balaban J connectivity index is 2.19. The minimum absolute atomic E-state index is 0.225. The second-order valence-electron chi connectivity index (χ2n) is 5.29. The van der Waals surface area contributed by atoms with Crippen LogP contribution in [0.15, 0.2) is 24.3 Å². The second kappa shape index (κ2) is 5.11. The number of hydrogen-bond acceptors (Lipinski definition) is 2. The number of aryl methyl sites for hydroxylation is 1. The smallest absolute Gasteiger partial charge is 0.311 e. The van der Waals surface area contributed by atoms with Gasteiger partial charge < -0.3 is 10.8 Å². The molecule has 1 aromatic carbocycles. The molecule has 0 radical (unpaired) electrons. The summed E-state index contributed by atoms with van der Waals surface area (Å²) in [6, 6.07) is 8.22. The van der Waals surface area contributed by atoms with Gasteiger partial charge in [-0.1, -0.05) is 31.2 Å². The highest BCUT2D eigenvalue weighted by atomic mass is 16.4. The van der Waals surface area contributed by atoms with E-state index in [1.54, 1.807) is 0 Å². The molecule has 0 amide bonds. The fourth-order valence-electron chi connectivity index (χ4n) is 2.61. The first-order valence-electron chi connectivity index (χ1n) is 6.63. The Labute approximate surface area is 108 Å². The predicted octanol–water partition coefficient (Wildman–Crippen LogP) is 2.23. The van der Waals surface area contributed by atoms with E-state index >= 15 is 0 Å². The van der Waals surface area contributed by atoms with Crippen LogP contribution < -0.4 is 5.73 Å². The van der Waals surface area contributed by atoms with Crippen molar-refractivity contribution in [1.82, 2.24) is 0 Å². The number of hydrogen-bond donors (Lipinski definition) is 2. The third kappa shape index (κ3) is 2.41. The quantitative estimate of drug-likeness (QED) is 0.810. The van der Waals surface area contributed by atoms with Gasteiger partial charge in [-0.05, 0) is 42.7 Å². The predicted molar refractivity (Wildman–Crippen MR) is 71.4 cm³/mol. The van der Waals surface area contributed by atoms with Gasteiger partial charge in [0.1, 0.15) is 0 Å². The molecular formula is C15H21NO2. The molecule has 1 unspecified atom stereocenters. The molecule has 1 aromatic rings. The van der Waals surface area contributed by atoms with Gasteiger partial charge in [0.15, 0.2) is 0 Å². The van der Waals surface area contributed by atoms with E-state index in [9.17, 15) is 9.90 Å². The van der Waals surface area contributed by atoms with Crippen molar-refractivity contribution in [2.75, 3.05) is 6.54 Å². The standard InChI is InChI=1S/C15H21NO2/c1-2-11-3-5-12(6-4-11)9-15(10-16,14(17)18)13-7-8-13/h3-6,13H,2,7-10,16H2,1H3,(H,17,18). The molecule has 1 aliphatic rings. The van der Waals surface area contributed by atoms with Gasteiger partial charge in [0.2, 0.25) is 0 Å². The van der Waals surface area contributed by atoms with Crippen LogP contribution in [0.5, 0.6) is 0 Å². The van der Waals surface area contributed by atoms with E-state index in [2.05, 4.69) is 19.1 Å². The van der Waals surface area contributed by atoms with E-state index in [1.807, 2.05) is 12.1 Å². The van der Waals surface area contributed by atoms with E-state index in [1.165, 1.54) is 5.56 Å². The van der Waals surface area contributed by atoms with Crippen LogP contribution in [-0.4, -0.2) is 17.6 Å². The largest absolute Gasteiger partial charge is 0.481 e. The first kappa shape index (κ1) is 13.1. The van der Waals surface area contributed by atoms with Gasteiger partial charge in [-0.25, -0.2) is 0 Å². The average Bonchev–Trinajstić information content (AvgIpc) is 3.21. The van der Waals surface area contributed by atoms with Crippen LogP contribution in [0.25, 0.3) is 0 Å². The number of carboxylic acids is 1. The molecule has 3 heteroatoms. The summed E-state index contributed by atoms with van der Waals surface area (Å²) in [5.74, 6) is -0.488. The van der Waals surface area contributed by atoms with Crippen molar-refractivity contribution >= 4 is 5.97 Å². The molecular weight excluding hydrogens is 226 g/mol. The molecule has 3 N–H and O–H groups in total. The van der Waals surface area contributed by atoms with Crippen LogP contribution in [-0.2, 0) is 17.6 Å². The van der Waals surface area contributed by atoms with Crippen LogP contribution in [0.2, 0.25) is 0 Å². The topological polar surface area (TPSA) is 63.3 Å². The number of benzene rings is 1. The minimum Gasteiger partial charge on any atom is -0.481 e. The van der Waals surface area contributed by atoms with Crippen molar-refractivity contribution in [2.45, 2.75) is 32.6 Å². The van der Waals surface area contributed by atoms with Gasteiger partial charge in [0.05, 0.1) is 5.41 Å². The number of nitrogens with two attached hydrogens (primary N) is 1. The van der Waals surface area contributed by atoms with Crippen molar-refractivity contribution < 1.29 is 9.90 Å². The summed E-state index contributed by atoms with van der Waals surface area (Å²) in [5.41, 5.74) is 7.37. The summed E-state index contributed by atoms with van der Waals surface area (Å²) in [4.78, 5) is 11.6. The molecule has 0 spiro atoms. The summed E-state index contributed by atoms with van der Waals surface area (Å²) in [5, 5.41) is 9.52. The molecule has 18 heavy (non-hydrogen) atoms. The Hall–Kier alpha value is -1.35. The highest BCUT2D eigenvalue weighted by Gasteiger charge is 2.50. The Morgan fingerprint density at radius 1 is 1.33 bits per heavy atom. The molecule has 1 atom stereocenters. The first-order valence-corrected chi connectivity index (χ1v) is 6.63. The highest BCUT2D eigenvalue weighted by Crippen LogP contribution is 2.47. The zero-order chi connectivity index (χ0) is 13.2. The van der Waals surface area contributed by atoms with Gasteiger partial charge >= 0.3 is 5.97 Å². The van der Waals surface area contributed by atoms with E-state index in [0.717, 1.165) is 24.8 Å². The van der Waals surface area contributed by atoms with Crippen molar-refractivity contribution in [1.29, 1.82) is 0 Å². The zero-order valence-corrected chi connectivity index (χ0v) is 10.9. The summed E-state index contributed by atoms with van der Waals surface area (Å²) in [7, 11) is 0. The number of rotatable bonds is 6. The summed E-state index contributed by atoms with van der Waals surface area (Å²) in [6.07, 6.45) is 3.55. The number of aliphatic carboxylic acids is 1. The van der Waals surface area contributed by atoms with E-state index in [4.69, 9.17) is 5.73 Å². The van der Waals surface area contributed by atoms with Crippen LogP contribution in [0.3, 0.4) is 0 Å². The van der Waals surface area contributed by atoms with E-state index in [-0.39, 0.29) is 12.5 Å². The molecule has 2 rings (SSSR count). The van der Waals surface area contributed by atoms with Crippen molar-refractivity contribution in [2.24, 2.45) is 17.1 Å². The van der Waals surface area contributed by atoms with Crippen LogP contribution >= 0.6 is 0 Å². The lowest BCUT2D eigenvalue weighted by molar-refractivity contribution is -0.149. The lowest BCUT2D eigenvalue weighted by Crippen LogP contribution is -2.42. The summed E-state index contributed by atoms with van der Waals surface area (Å²) < 4.78 is 0. The average molecular weight is 247 g/mol. The zero-order valence-electron chi connectivity index (χ0n) is 10.9. The normalized spacial score (nSPS) is 18.3. The maximum Gasteiger partial charge on any atom is 0.311 e. The van der Waals surface area contributed by atoms with Gasteiger partial charge in [-0.15, -0.1) is 0 Å². The third-order valence-corrected chi connectivity index (χ3v) is 4.10. The van der Waals surface area contributed by atoms with Gasteiger partial charge in [0.25, 0.3) is 0 Å². The Kier molecular flexibility index (Phi) is 3.71. The van der Waals surface area contributed by atoms with Gasteiger partial charge in [-0.3, -0.25) is 4.79 Å². The molecule has 0 bridgehead atoms. The molecule has 0 saturated heterocycles. The third-order valence-electron chi connectivity index (χ3n) is 4.10. The van der Waals surface area contributed by atoms with E-state index < -0.39 is 11.4 Å².